The number of aldehydes is 1. The average molecular weight is 187 g/mol. The third-order valence-corrected chi connectivity index (χ3v) is 1.72. The van der Waals surface area contributed by atoms with Gasteiger partial charge >= 0.3 is 6.98 Å². The summed E-state index contributed by atoms with van der Waals surface area (Å²) in [6.45, 7) is -3.44. The minimum Gasteiger partial charge on any atom is -0.445 e. The van der Waals surface area contributed by atoms with E-state index in [0.717, 1.165) is 6.07 Å². The maximum Gasteiger partial charge on any atom is 0.510 e. The quantitative estimate of drug-likeness (QED) is 0.510. The first-order valence-corrected chi connectivity index (χ1v) is 3.71. The van der Waals surface area contributed by atoms with Crippen molar-refractivity contribution in [1.82, 2.24) is 0 Å². The first kappa shape index (κ1) is 9.83. The lowest BCUT2D eigenvalue weighted by atomic mass is 9.76. The Morgan fingerprint density at radius 2 is 1.92 bits per heavy atom. The van der Waals surface area contributed by atoms with E-state index in [1.54, 1.807) is 6.92 Å². The molecule has 0 aromatic heterocycles. The minimum atomic E-state index is -5.08. The van der Waals surface area contributed by atoms with E-state index in [9.17, 15) is 17.7 Å². The highest BCUT2D eigenvalue weighted by Crippen LogP contribution is 2.12. The second-order valence-electron chi connectivity index (χ2n) is 2.82. The number of hydrogen-bond acceptors (Lipinski definition) is 1. The molecule has 0 aliphatic heterocycles. The second-order valence-corrected chi connectivity index (χ2v) is 2.82. The van der Waals surface area contributed by atoms with Gasteiger partial charge in [-0.3, -0.25) is 4.79 Å². The fraction of sp³-hybridized carbons (Fsp3) is 0.125. The molecule has 0 aliphatic carbocycles. The zero-order chi connectivity index (χ0) is 10.1. The summed E-state index contributed by atoms with van der Waals surface area (Å²) in [6, 6.07) is 3.52. The molecule has 1 aromatic carbocycles. The molecule has 0 aliphatic rings. The zero-order valence-corrected chi connectivity index (χ0v) is 6.93. The van der Waals surface area contributed by atoms with Gasteiger partial charge in [-0.2, -0.15) is 0 Å². The molecule has 0 heterocycles. The molecular formula is C8H7BF3O-. The van der Waals surface area contributed by atoms with Crippen LogP contribution < -0.4 is 5.46 Å². The summed E-state index contributed by atoms with van der Waals surface area (Å²) in [6.07, 6.45) is 0.234. The summed E-state index contributed by atoms with van der Waals surface area (Å²) in [4.78, 5) is 10.3. The van der Waals surface area contributed by atoms with Crippen LogP contribution in [0.3, 0.4) is 0 Å². The van der Waals surface area contributed by atoms with Crippen molar-refractivity contribution in [3.05, 3.63) is 29.3 Å². The van der Waals surface area contributed by atoms with Gasteiger partial charge in [0, 0.05) is 0 Å². The molecule has 0 spiro atoms. The van der Waals surface area contributed by atoms with Crippen molar-refractivity contribution in [1.29, 1.82) is 0 Å². The molecule has 1 rings (SSSR count). The van der Waals surface area contributed by atoms with Crippen LogP contribution in [0.1, 0.15) is 15.9 Å². The number of carbonyl (C=O) groups is 1. The van der Waals surface area contributed by atoms with Gasteiger partial charge in [0.2, 0.25) is 0 Å². The third-order valence-electron chi connectivity index (χ3n) is 1.72. The third kappa shape index (κ3) is 2.11. The van der Waals surface area contributed by atoms with E-state index in [1.807, 2.05) is 0 Å². The first-order valence-electron chi connectivity index (χ1n) is 3.71. The van der Waals surface area contributed by atoms with E-state index < -0.39 is 12.4 Å². The summed E-state index contributed by atoms with van der Waals surface area (Å²) in [7, 11) is 0. The van der Waals surface area contributed by atoms with Crippen LogP contribution in [-0.4, -0.2) is 13.3 Å². The monoisotopic (exact) mass is 187 g/mol. The van der Waals surface area contributed by atoms with Crippen LogP contribution >= 0.6 is 0 Å². The molecule has 0 unspecified atom stereocenters. The average Bonchev–Trinajstić information content (AvgIpc) is 2.01. The summed E-state index contributed by atoms with van der Waals surface area (Å²) in [5, 5.41) is 0. The lowest BCUT2D eigenvalue weighted by Crippen LogP contribution is -2.36. The van der Waals surface area contributed by atoms with E-state index in [4.69, 9.17) is 0 Å². The Morgan fingerprint density at radius 1 is 1.31 bits per heavy atom. The Kier molecular flexibility index (Phi) is 2.45. The normalized spacial score (nSPS) is 11.4. The summed E-state index contributed by atoms with van der Waals surface area (Å²) >= 11 is 0. The Morgan fingerprint density at radius 3 is 2.38 bits per heavy atom. The van der Waals surface area contributed by atoms with Gasteiger partial charge in [0.25, 0.3) is 0 Å². The lowest BCUT2D eigenvalue weighted by Gasteiger charge is -2.17. The van der Waals surface area contributed by atoms with Crippen molar-refractivity contribution in [3.8, 4) is 0 Å². The first-order chi connectivity index (χ1) is 5.95. The molecule has 0 N–H and O–H groups in total. The fourth-order valence-electron chi connectivity index (χ4n) is 1.09. The molecule has 0 saturated heterocycles. The molecule has 5 heteroatoms. The molecular weight excluding hydrogens is 180 g/mol. The number of halogens is 3. The van der Waals surface area contributed by atoms with Crippen LogP contribution in [0.15, 0.2) is 18.2 Å². The SMILES string of the molecule is Cc1ccc([B-](F)(F)F)c(C=O)c1. The number of rotatable bonds is 2. The minimum absolute atomic E-state index is 0.234. The maximum absolute atomic E-state index is 12.3. The Labute approximate surface area is 73.6 Å². The van der Waals surface area contributed by atoms with Crippen molar-refractivity contribution in [2.45, 2.75) is 6.92 Å². The smallest absolute Gasteiger partial charge is 0.445 e. The van der Waals surface area contributed by atoms with E-state index in [1.165, 1.54) is 12.1 Å². The number of aryl methyl sites for hydroxylation is 1. The van der Waals surface area contributed by atoms with Crippen molar-refractivity contribution >= 4 is 18.7 Å². The van der Waals surface area contributed by atoms with E-state index >= 15 is 0 Å². The van der Waals surface area contributed by atoms with Crippen LogP contribution in [0, 0.1) is 6.92 Å². The van der Waals surface area contributed by atoms with Gasteiger partial charge < -0.3 is 12.9 Å². The van der Waals surface area contributed by atoms with Crippen molar-refractivity contribution < 1.29 is 17.7 Å². The highest BCUT2D eigenvalue weighted by atomic mass is 19.4. The van der Waals surface area contributed by atoms with Gasteiger partial charge in [0.15, 0.2) is 0 Å². The maximum atomic E-state index is 12.3. The molecule has 1 nitrogen and oxygen atoms in total. The van der Waals surface area contributed by atoms with Gasteiger partial charge in [-0.15, -0.1) is 0 Å². The molecule has 1 aromatic rings. The molecule has 0 amide bonds. The molecule has 0 bridgehead atoms. The number of benzene rings is 1. The van der Waals surface area contributed by atoms with Crippen molar-refractivity contribution in [2.24, 2.45) is 0 Å². The van der Waals surface area contributed by atoms with Gasteiger partial charge in [-0.05, 0) is 12.5 Å². The molecule has 0 saturated carbocycles. The topological polar surface area (TPSA) is 17.1 Å². The van der Waals surface area contributed by atoms with Gasteiger partial charge in [-0.1, -0.05) is 29.2 Å². The van der Waals surface area contributed by atoms with Gasteiger partial charge in [0.05, 0.1) is 0 Å². The molecule has 0 radical (unpaired) electrons. The Bertz CT molecular complexity index is 333. The predicted octanol–water partition coefficient (Wildman–Crippen LogP) is 1.86. The van der Waals surface area contributed by atoms with E-state index in [0.29, 0.717) is 5.56 Å². The molecule has 0 fully saturated rings. The largest absolute Gasteiger partial charge is 0.510 e. The van der Waals surface area contributed by atoms with Crippen LogP contribution in [-0.2, 0) is 0 Å². The number of carbonyl (C=O) groups excluding carboxylic acids is 1. The lowest BCUT2D eigenvalue weighted by molar-refractivity contribution is 0.112. The van der Waals surface area contributed by atoms with Crippen molar-refractivity contribution in [3.63, 3.8) is 0 Å². The highest BCUT2D eigenvalue weighted by Gasteiger charge is 2.27. The second kappa shape index (κ2) is 3.24. The van der Waals surface area contributed by atoms with E-state index in [-0.39, 0.29) is 11.8 Å². The summed E-state index contributed by atoms with van der Waals surface area (Å²) in [5.74, 6) is 0. The fourth-order valence-corrected chi connectivity index (χ4v) is 1.09. The zero-order valence-electron chi connectivity index (χ0n) is 6.93. The molecule has 13 heavy (non-hydrogen) atoms. The number of hydrogen-bond donors (Lipinski definition) is 0. The highest BCUT2D eigenvalue weighted by molar-refractivity contribution is 6.74. The molecule has 70 valence electrons. The van der Waals surface area contributed by atoms with Crippen molar-refractivity contribution in [2.75, 3.05) is 0 Å². The summed E-state index contributed by atoms with van der Waals surface area (Å²) in [5.41, 5.74) is -0.459. The van der Waals surface area contributed by atoms with Gasteiger partial charge in [-0.25, -0.2) is 0 Å². The standard InChI is InChI=1S/C8H7BF3O/c1-6-2-3-8(9(10,11)12)7(4-6)5-13/h2-5H,1H3/q-1. The van der Waals surface area contributed by atoms with Gasteiger partial charge in [0.1, 0.15) is 6.29 Å². The van der Waals surface area contributed by atoms with Crippen LogP contribution in [0.4, 0.5) is 12.9 Å². The predicted molar refractivity (Wildman–Crippen MR) is 45.3 cm³/mol. The van der Waals surface area contributed by atoms with Crippen LogP contribution in [0.5, 0.6) is 0 Å². The van der Waals surface area contributed by atoms with Crippen LogP contribution in [0.25, 0.3) is 0 Å². The Balaban J connectivity index is 3.29. The summed E-state index contributed by atoms with van der Waals surface area (Å²) < 4.78 is 36.8. The van der Waals surface area contributed by atoms with E-state index in [2.05, 4.69) is 0 Å². The molecule has 0 atom stereocenters. The van der Waals surface area contributed by atoms with Crippen LogP contribution in [0.2, 0.25) is 0 Å². The Hall–Kier alpha value is -1.26.